The minimum absolute atomic E-state index is 0.122. The Balaban J connectivity index is 2.19. The van der Waals surface area contributed by atoms with Gasteiger partial charge in [0.1, 0.15) is 5.82 Å². The maximum Gasteiger partial charge on any atom is 0.229 e. The number of nitrogens with zero attached hydrogens (tertiary/aromatic N) is 1. The number of amides is 2. The van der Waals surface area contributed by atoms with E-state index >= 15 is 0 Å². The number of rotatable bonds is 2. The maximum absolute atomic E-state index is 12.8. The highest BCUT2D eigenvalue weighted by molar-refractivity contribution is 6.31. The summed E-state index contributed by atoms with van der Waals surface area (Å²) in [7, 11) is 0. The molecule has 1 aromatic carbocycles. The van der Waals surface area contributed by atoms with Crippen molar-refractivity contribution in [3.63, 3.8) is 0 Å². The second-order valence-electron chi connectivity index (χ2n) is 3.96. The Bertz CT molecular complexity index is 460. The third-order valence-electron chi connectivity index (χ3n) is 2.73. The molecule has 1 aromatic rings. The lowest BCUT2D eigenvalue weighted by Crippen LogP contribution is -2.39. The van der Waals surface area contributed by atoms with Gasteiger partial charge in [0, 0.05) is 17.9 Å². The maximum atomic E-state index is 12.8. The topological polar surface area (TPSA) is 37.4 Å². The van der Waals surface area contributed by atoms with E-state index in [-0.39, 0.29) is 23.4 Å². The van der Waals surface area contributed by atoms with Crippen LogP contribution in [0, 0.1) is 5.82 Å². The molecule has 2 rings (SSSR count). The van der Waals surface area contributed by atoms with Crippen LogP contribution < -0.4 is 0 Å². The van der Waals surface area contributed by atoms with E-state index in [1.165, 1.54) is 23.1 Å². The Labute approximate surface area is 103 Å². The van der Waals surface area contributed by atoms with Crippen LogP contribution in [-0.4, -0.2) is 16.7 Å². The monoisotopic (exact) mass is 255 g/mol. The van der Waals surface area contributed by atoms with E-state index in [4.69, 9.17) is 11.6 Å². The van der Waals surface area contributed by atoms with Crippen molar-refractivity contribution in [2.45, 2.75) is 25.8 Å². The highest BCUT2D eigenvalue weighted by Crippen LogP contribution is 2.22. The number of imide groups is 1. The van der Waals surface area contributed by atoms with Gasteiger partial charge in [-0.15, -0.1) is 0 Å². The minimum atomic E-state index is -0.435. The molecule has 0 N–H and O–H groups in total. The Morgan fingerprint density at radius 2 is 1.88 bits per heavy atom. The number of carbonyl (C=O) groups is 2. The van der Waals surface area contributed by atoms with Crippen molar-refractivity contribution in [3.05, 3.63) is 34.6 Å². The van der Waals surface area contributed by atoms with Crippen molar-refractivity contribution in [2.75, 3.05) is 0 Å². The van der Waals surface area contributed by atoms with Crippen molar-refractivity contribution in [2.24, 2.45) is 0 Å². The first-order chi connectivity index (χ1) is 8.08. The van der Waals surface area contributed by atoms with Gasteiger partial charge in [-0.1, -0.05) is 17.7 Å². The third kappa shape index (κ3) is 2.64. The first-order valence-electron chi connectivity index (χ1n) is 5.35. The largest absolute Gasteiger partial charge is 0.278 e. The van der Waals surface area contributed by atoms with Crippen LogP contribution in [0.5, 0.6) is 0 Å². The van der Waals surface area contributed by atoms with Crippen molar-refractivity contribution in [3.8, 4) is 0 Å². The fraction of sp³-hybridized carbons (Fsp3) is 0.333. The van der Waals surface area contributed by atoms with Crippen molar-refractivity contribution in [1.82, 2.24) is 4.90 Å². The van der Waals surface area contributed by atoms with Gasteiger partial charge in [-0.2, -0.15) is 0 Å². The average Bonchev–Trinajstić information content (AvgIpc) is 2.26. The number of likely N-dealkylation sites (tertiary alicyclic amines) is 1. The van der Waals surface area contributed by atoms with E-state index < -0.39 is 5.82 Å². The molecule has 1 aliphatic heterocycles. The van der Waals surface area contributed by atoms with Crippen LogP contribution in [0.3, 0.4) is 0 Å². The van der Waals surface area contributed by atoms with Crippen LogP contribution in [0.2, 0.25) is 5.02 Å². The lowest BCUT2D eigenvalue weighted by atomic mass is 10.1. The van der Waals surface area contributed by atoms with Crippen LogP contribution in [0.1, 0.15) is 24.8 Å². The SMILES string of the molecule is O=C1CCCC(=O)N1Cc1ccc(F)cc1Cl. The molecule has 17 heavy (non-hydrogen) atoms. The minimum Gasteiger partial charge on any atom is -0.278 e. The van der Waals surface area contributed by atoms with Gasteiger partial charge in [-0.3, -0.25) is 14.5 Å². The van der Waals surface area contributed by atoms with Gasteiger partial charge < -0.3 is 0 Å². The van der Waals surface area contributed by atoms with Gasteiger partial charge in [-0.05, 0) is 24.1 Å². The Morgan fingerprint density at radius 3 is 2.47 bits per heavy atom. The summed E-state index contributed by atoms with van der Waals surface area (Å²) in [4.78, 5) is 24.3. The lowest BCUT2D eigenvalue weighted by Gasteiger charge is -2.25. The van der Waals surface area contributed by atoms with Crippen LogP contribution >= 0.6 is 11.6 Å². The summed E-state index contributed by atoms with van der Waals surface area (Å²) in [6.45, 7) is 0.122. The molecule has 0 radical (unpaired) electrons. The summed E-state index contributed by atoms with van der Waals surface area (Å²) in [5.74, 6) is -0.821. The zero-order valence-corrected chi connectivity index (χ0v) is 9.84. The van der Waals surface area contributed by atoms with Crippen LogP contribution in [0.25, 0.3) is 0 Å². The smallest absolute Gasteiger partial charge is 0.229 e. The predicted octanol–water partition coefficient (Wildman–Crippen LogP) is 2.52. The van der Waals surface area contributed by atoms with Crippen LogP contribution in [0.4, 0.5) is 4.39 Å². The number of hydrogen-bond acceptors (Lipinski definition) is 2. The second-order valence-corrected chi connectivity index (χ2v) is 4.37. The molecule has 0 bridgehead atoms. The van der Waals surface area contributed by atoms with E-state index in [1.54, 1.807) is 0 Å². The third-order valence-corrected chi connectivity index (χ3v) is 3.08. The Kier molecular flexibility index (Phi) is 3.43. The zero-order valence-electron chi connectivity index (χ0n) is 9.08. The summed E-state index contributed by atoms with van der Waals surface area (Å²) in [5.41, 5.74) is 0.580. The molecule has 0 atom stereocenters. The van der Waals surface area contributed by atoms with Gasteiger partial charge >= 0.3 is 0 Å². The lowest BCUT2D eigenvalue weighted by molar-refractivity contribution is -0.148. The quantitative estimate of drug-likeness (QED) is 0.762. The van der Waals surface area contributed by atoms with Crippen LogP contribution in [0.15, 0.2) is 18.2 Å². The molecule has 0 unspecified atom stereocenters. The molecule has 0 aromatic heterocycles. The van der Waals surface area contributed by atoms with E-state index in [1.807, 2.05) is 0 Å². The van der Waals surface area contributed by atoms with Gasteiger partial charge in [0.15, 0.2) is 0 Å². The molecule has 1 fully saturated rings. The summed E-state index contributed by atoms with van der Waals surface area (Å²) in [5, 5.41) is 0.233. The molecule has 1 aliphatic rings. The molecule has 0 spiro atoms. The fourth-order valence-electron chi connectivity index (χ4n) is 1.80. The predicted molar refractivity (Wildman–Crippen MR) is 60.8 cm³/mol. The molecule has 90 valence electrons. The molecular weight excluding hydrogens is 245 g/mol. The van der Waals surface area contributed by atoms with Crippen molar-refractivity contribution < 1.29 is 14.0 Å². The van der Waals surface area contributed by atoms with Crippen LogP contribution in [-0.2, 0) is 16.1 Å². The molecular formula is C12H11ClFNO2. The van der Waals surface area contributed by atoms with E-state index in [9.17, 15) is 14.0 Å². The number of halogens is 2. The number of piperidine rings is 1. The van der Waals surface area contributed by atoms with E-state index in [0.717, 1.165) is 0 Å². The fourth-order valence-corrected chi connectivity index (χ4v) is 2.02. The molecule has 1 heterocycles. The number of benzene rings is 1. The zero-order chi connectivity index (χ0) is 12.4. The molecule has 1 saturated heterocycles. The van der Waals surface area contributed by atoms with Gasteiger partial charge in [0.25, 0.3) is 0 Å². The second kappa shape index (κ2) is 4.84. The molecule has 0 saturated carbocycles. The standard InChI is InChI=1S/C12H11ClFNO2/c13-10-6-9(14)5-4-8(10)7-15-11(16)2-1-3-12(15)17/h4-6H,1-3,7H2. The molecule has 5 heteroatoms. The van der Waals surface area contributed by atoms with E-state index in [2.05, 4.69) is 0 Å². The molecule has 2 amide bonds. The molecule has 3 nitrogen and oxygen atoms in total. The summed E-state index contributed by atoms with van der Waals surface area (Å²) >= 11 is 5.85. The summed E-state index contributed by atoms with van der Waals surface area (Å²) in [6.07, 6.45) is 1.36. The first kappa shape index (κ1) is 12.0. The summed E-state index contributed by atoms with van der Waals surface area (Å²) < 4.78 is 12.8. The highest BCUT2D eigenvalue weighted by Gasteiger charge is 2.26. The molecule has 0 aliphatic carbocycles. The average molecular weight is 256 g/mol. The van der Waals surface area contributed by atoms with Gasteiger partial charge in [-0.25, -0.2) is 4.39 Å². The van der Waals surface area contributed by atoms with Crippen molar-refractivity contribution in [1.29, 1.82) is 0 Å². The highest BCUT2D eigenvalue weighted by atomic mass is 35.5. The normalized spacial score (nSPS) is 16.5. The van der Waals surface area contributed by atoms with Gasteiger partial charge in [0.05, 0.1) is 6.54 Å². The first-order valence-corrected chi connectivity index (χ1v) is 5.73. The van der Waals surface area contributed by atoms with E-state index in [0.29, 0.717) is 24.8 Å². The van der Waals surface area contributed by atoms with Gasteiger partial charge in [0.2, 0.25) is 11.8 Å². The van der Waals surface area contributed by atoms with Crippen molar-refractivity contribution >= 4 is 23.4 Å². The Morgan fingerprint density at radius 1 is 1.24 bits per heavy atom. The summed E-state index contributed by atoms with van der Waals surface area (Å²) in [6, 6.07) is 3.93. The number of hydrogen-bond donors (Lipinski definition) is 0. The Hall–Kier alpha value is -1.42. The number of carbonyl (C=O) groups excluding carboxylic acids is 2.